The standard InChI is InChI=1S/C13H16N2OS/c1-16-12-4-2-3-11(9-12)15-13(10-14)5-7-17-8-6-13/h2-4,9,15H,5-8H2,1H3. The van der Waals surface area contributed by atoms with Crippen LogP contribution in [0.4, 0.5) is 5.69 Å². The van der Waals surface area contributed by atoms with E-state index in [9.17, 15) is 5.26 Å². The first kappa shape index (κ1) is 12.1. The average molecular weight is 248 g/mol. The van der Waals surface area contributed by atoms with Gasteiger partial charge < -0.3 is 10.1 Å². The lowest BCUT2D eigenvalue weighted by molar-refractivity contribution is 0.415. The molecule has 1 saturated heterocycles. The molecular weight excluding hydrogens is 232 g/mol. The zero-order valence-corrected chi connectivity index (χ0v) is 10.7. The molecular formula is C13H16N2OS. The fourth-order valence-electron chi connectivity index (χ4n) is 1.96. The van der Waals surface area contributed by atoms with Crippen LogP contribution in [0.1, 0.15) is 12.8 Å². The predicted octanol–water partition coefficient (Wildman–Crippen LogP) is 2.90. The lowest BCUT2D eigenvalue weighted by Crippen LogP contribution is -2.40. The van der Waals surface area contributed by atoms with Crippen molar-refractivity contribution in [2.24, 2.45) is 0 Å². The SMILES string of the molecule is COc1cccc(NC2(C#N)CCSCC2)c1. The van der Waals surface area contributed by atoms with Crippen LogP contribution in [0.25, 0.3) is 0 Å². The van der Waals surface area contributed by atoms with Crippen LogP contribution in [0.2, 0.25) is 0 Å². The van der Waals surface area contributed by atoms with Crippen molar-refractivity contribution in [1.82, 2.24) is 0 Å². The van der Waals surface area contributed by atoms with Gasteiger partial charge >= 0.3 is 0 Å². The van der Waals surface area contributed by atoms with Gasteiger partial charge in [0.2, 0.25) is 0 Å². The summed E-state index contributed by atoms with van der Waals surface area (Å²) in [6.07, 6.45) is 1.79. The van der Waals surface area contributed by atoms with Crippen LogP contribution in [0.15, 0.2) is 24.3 Å². The van der Waals surface area contributed by atoms with Crippen molar-refractivity contribution in [3.05, 3.63) is 24.3 Å². The first-order valence-corrected chi connectivity index (χ1v) is 6.85. The van der Waals surface area contributed by atoms with Crippen molar-refractivity contribution >= 4 is 17.4 Å². The molecule has 0 aromatic heterocycles. The van der Waals surface area contributed by atoms with Gasteiger partial charge in [-0.25, -0.2) is 0 Å². The van der Waals surface area contributed by atoms with Gasteiger partial charge in [-0.1, -0.05) is 6.07 Å². The molecule has 0 amide bonds. The zero-order chi connectivity index (χ0) is 12.1. The Morgan fingerprint density at radius 1 is 1.41 bits per heavy atom. The van der Waals surface area contributed by atoms with Gasteiger partial charge in [-0.3, -0.25) is 0 Å². The highest BCUT2D eigenvalue weighted by Gasteiger charge is 2.32. The Balaban J connectivity index is 2.15. The summed E-state index contributed by atoms with van der Waals surface area (Å²) in [5.74, 6) is 2.91. The summed E-state index contributed by atoms with van der Waals surface area (Å²) < 4.78 is 5.18. The van der Waals surface area contributed by atoms with Crippen LogP contribution >= 0.6 is 11.8 Å². The van der Waals surface area contributed by atoms with Crippen molar-refractivity contribution in [2.45, 2.75) is 18.4 Å². The van der Waals surface area contributed by atoms with Crippen LogP contribution in [-0.4, -0.2) is 24.2 Å². The van der Waals surface area contributed by atoms with Gasteiger partial charge in [-0.05, 0) is 36.5 Å². The predicted molar refractivity (Wildman–Crippen MR) is 71.5 cm³/mol. The molecule has 0 atom stereocenters. The third kappa shape index (κ3) is 2.86. The maximum atomic E-state index is 9.38. The summed E-state index contributed by atoms with van der Waals surface area (Å²) in [4.78, 5) is 0. The van der Waals surface area contributed by atoms with Gasteiger partial charge in [0.15, 0.2) is 0 Å². The number of methoxy groups -OCH3 is 1. The van der Waals surface area contributed by atoms with E-state index in [0.29, 0.717) is 0 Å². The Bertz CT molecular complexity index is 422. The summed E-state index contributed by atoms with van der Waals surface area (Å²) >= 11 is 1.91. The molecule has 1 aromatic carbocycles. The zero-order valence-electron chi connectivity index (χ0n) is 9.90. The van der Waals surface area contributed by atoms with E-state index < -0.39 is 5.54 Å². The van der Waals surface area contributed by atoms with Crippen LogP contribution < -0.4 is 10.1 Å². The Morgan fingerprint density at radius 3 is 2.82 bits per heavy atom. The number of nitriles is 1. The molecule has 1 aromatic rings. The third-order valence-corrected chi connectivity index (χ3v) is 4.00. The fourth-order valence-corrected chi connectivity index (χ4v) is 3.15. The summed E-state index contributed by atoms with van der Waals surface area (Å²) in [5, 5.41) is 12.7. The molecule has 4 heteroatoms. The number of benzene rings is 1. The molecule has 1 heterocycles. The number of nitrogens with zero attached hydrogens (tertiary/aromatic N) is 1. The van der Waals surface area contributed by atoms with E-state index in [1.807, 2.05) is 36.0 Å². The number of rotatable bonds is 3. The van der Waals surface area contributed by atoms with Crippen LogP contribution in [-0.2, 0) is 0 Å². The molecule has 0 unspecified atom stereocenters. The van der Waals surface area contributed by atoms with E-state index in [1.165, 1.54) is 0 Å². The number of thioether (sulfide) groups is 1. The van der Waals surface area contributed by atoms with E-state index in [-0.39, 0.29) is 0 Å². The Labute approximate surface area is 106 Å². The van der Waals surface area contributed by atoms with Crippen molar-refractivity contribution in [1.29, 1.82) is 5.26 Å². The quantitative estimate of drug-likeness (QED) is 0.893. The van der Waals surface area contributed by atoms with Crippen molar-refractivity contribution in [3.63, 3.8) is 0 Å². The van der Waals surface area contributed by atoms with Crippen molar-refractivity contribution < 1.29 is 4.74 Å². The van der Waals surface area contributed by atoms with E-state index in [2.05, 4.69) is 11.4 Å². The van der Waals surface area contributed by atoms with Gasteiger partial charge in [0.25, 0.3) is 0 Å². The van der Waals surface area contributed by atoms with E-state index >= 15 is 0 Å². The lowest BCUT2D eigenvalue weighted by atomic mass is 9.93. The summed E-state index contributed by atoms with van der Waals surface area (Å²) in [6.45, 7) is 0. The molecule has 0 saturated carbocycles. The van der Waals surface area contributed by atoms with E-state index in [1.54, 1.807) is 7.11 Å². The maximum absolute atomic E-state index is 9.38. The average Bonchev–Trinajstić information content (AvgIpc) is 2.40. The molecule has 90 valence electrons. The minimum atomic E-state index is -0.405. The molecule has 17 heavy (non-hydrogen) atoms. The smallest absolute Gasteiger partial charge is 0.126 e. The number of ether oxygens (including phenoxy) is 1. The minimum absolute atomic E-state index is 0.405. The number of hydrogen-bond donors (Lipinski definition) is 1. The number of anilines is 1. The molecule has 0 aliphatic carbocycles. The number of hydrogen-bond acceptors (Lipinski definition) is 4. The molecule has 1 aliphatic heterocycles. The normalized spacial score (nSPS) is 18.1. The largest absolute Gasteiger partial charge is 0.497 e. The van der Waals surface area contributed by atoms with Crippen LogP contribution in [0, 0.1) is 11.3 Å². The second kappa shape index (κ2) is 5.33. The third-order valence-electron chi connectivity index (χ3n) is 3.01. The lowest BCUT2D eigenvalue weighted by Gasteiger charge is -2.32. The molecule has 0 bridgehead atoms. The Kier molecular flexibility index (Phi) is 3.80. The topological polar surface area (TPSA) is 45.0 Å². The molecule has 2 rings (SSSR count). The minimum Gasteiger partial charge on any atom is -0.497 e. The van der Waals surface area contributed by atoms with Gasteiger partial charge in [-0.2, -0.15) is 17.0 Å². The highest BCUT2D eigenvalue weighted by atomic mass is 32.2. The molecule has 3 nitrogen and oxygen atoms in total. The maximum Gasteiger partial charge on any atom is 0.126 e. The van der Waals surface area contributed by atoms with Gasteiger partial charge in [0.05, 0.1) is 13.2 Å². The monoisotopic (exact) mass is 248 g/mol. The van der Waals surface area contributed by atoms with Crippen molar-refractivity contribution in [3.8, 4) is 11.8 Å². The van der Waals surface area contributed by atoms with Gasteiger partial charge in [-0.15, -0.1) is 0 Å². The highest BCUT2D eigenvalue weighted by Crippen LogP contribution is 2.31. The Morgan fingerprint density at radius 2 is 2.18 bits per heavy atom. The molecule has 1 aliphatic rings. The second-order valence-corrected chi connectivity index (χ2v) is 5.39. The van der Waals surface area contributed by atoms with Gasteiger partial charge in [0, 0.05) is 11.8 Å². The fraction of sp³-hybridized carbons (Fsp3) is 0.462. The van der Waals surface area contributed by atoms with Crippen molar-refractivity contribution in [2.75, 3.05) is 23.9 Å². The van der Waals surface area contributed by atoms with Crippen LogP contribution in [0.3, 0.4) is 0 Å². The highest BCUT2D eigenvalue weighted by molar-refractivity contribution is 7.99. The summed E-state index contributed by atoms with van der Waals surface area (Å²) in [6, 6.07) is 10.2. The molecule has 0 spiro atoms. The molecule has 1 N–H and O–H groups in total. The Hall–Kier alpha value is -1.34. The van der Waals surface area contributed by atoms with E-state index in [0.717, 1.165) is 35.8 Å². The van der Waals surface area contributed by atoms with Crippen LogP contribution in [0.5, 0.6) is 5.75 Å². The second-order valence-electron chi connectivity index (χ2n) is 4.16. The van der Waals surface area contributed by atoms with E-state index in [4.69, 9.17) is 4.74 Å². The first-order valence-electron chi connectivity index (χ1n) is 5.69. The van der Waals surface area contributed by atoms with Gasteiger partial charge in [0.1, 0.15) is 11.3 Å². The first-order chi connectivity index (χ1) is 8.28. The molecule has 1 fully saturated rings. The summed E-state index contributed by atoms with van der Waals surface area (Å²) in [7, 11) is 1.65. The number of nitrogens with one attached hydrogen (secondary N) is 1. The summed E-state index contributed by atoms with van der Waals surface area (Å²) in [5.41, 5.74) is 0.551. The molecule has 0 radical (unpaired) electrons.